The Balaban J connectivity index is 1.38. The van der Waals surface area contributed by atoms with Crippen LogP contribution in [-0.4, -0.2) is 38.1 Å². The molecule has 0 radical (unpaired) electrons. The van der Waals surface area contributed by atoms with Crippen LogP contribution in [0.2, 0.25) is 0 Å². The van der Waals surface area contributed by atoms with Gasteiger partial charge in [-0.15, -0.1) is 0 Å². The van der Waals surface area contributed by atoms with Crippen LogP contribution in [0.4, 0.5) is 5.69 Å². The van der Waals surface area contributed by atoms with Crippen molar-refractivity contribution in [3.05, 3.63) is 101 Å². The van der Waals surface area contributed by atoms with E-state index in [9.17, 15) is 13.2 Å². The van der Waals surface area contributed by atoms with Crippen LogP contribution in [0.5, 0.6) is 0 Å². The van der Waals surface area contributed by atoms with E-state index in [0.29, 0.717) is 42.2 Å². The summed E-state index contributed by atoms with van der Waals surface area (Å²) in [6.45, 7) is 3.09. The minimum absolute atomic E-state index is 0.0303. The standard InChI is InChI=1S/C28H29N3O3S/c1-21-7-10-26(19-27(21)30-35(33,34)18-15-22-5-3-2-4-6-22)28(32)31-16-13-25(14-17-31)24-11-8-23(20-29)9-12-24/h2-12,19,25,30H,13-18H2,1H3. The Morgan fingerprint density at radius 2 is 1.71 bits per heavy atom. The number of nitriles is 1. The molecule has 1 fully saturated rings. The van der Waals surface area contributed by atoms with Crippen molar-refractivity contribution in [3.8, 4) is 6.07 Å². The van der Waals surface area contributed by atoms with Crippen LogP contribution in [-0.2, 0) is 16.4 Å². The van der Waals surface area contributed by atoms with Gasteiger partial charge in [-0.2, -0.15) is 5.26 Å². The van der Waals surface area contributed by atoms with Gasteiger partial charge in [-0.05, 0) is 73.1 Å². The number of carbonyl (C=O) groups is 1. The second-order valence-corrected chi connectivity index (χ2v) is 10.8. The number of piperidine rings is 1. The van der Waals surface area contributed by atoms with E-state index < -0.39 is 10.0 Å². The van der Waals surface area contributed by atoms with Crippen molar-refractivity contribution in [3.63, 3.8) is 0 Å². The number of hydrogen-bond acceptors (Lipinski definition) is 4. The van der Waals surface area contributed by atoms with E-state index in [0.717, 1.165) is 24.0 Å². The first-order valence-electron chi connectivity index (χ1n) is 11.8. The lowest BCUT2D eigenvalue weighted by molar-refractivity contribution is 0.0713. The third-order valence-electron chi connectivity index (χ3n) is 6.55. The lowest BCUT2D eigenvalue weighted by atomic mass is 9.89. The van der Waals surface area contributed by atoms with Crippen molar-refractivity contribution in [1.29, 1.82) is 5.26 Å². The molecule has 0 spiro atoms. The molecule has 0 atom stereocenters. The number of carbonyl (C=O) groups excluding carboxylic acids is 1. The highest BCUT2D eigenvalue weighted by Gasteiger charge is 2.25. The SMILES string of the molecule is Cc1ccc(C(=O)N2CCC(c3ccc(C#N)cc3)CC2)cc1NS(=O)(=O)CCc1ccccc1. The Hall–Kier alpha value is -3.63. The van der Waals surface area contributed by atoms with Gasteiger partial charge in [0, 0.05) is 18.7 Å². The van der Waals surface area contributed by atoms with Crippen molar-refractivity contribution in [2.75, 3.05) is 23.6 Å². The number of anilines is 1. The number of aryl methyl sites for hydroxylation is 2. The molecule has 180 valence electrons. The highest BCUT2D eigenvalue weighted by molar-refractivity contribution is 7.92. The molecule has 0 aliphatic carbocycles. The summed E-state index contributed by atoms with van der Waals surface area (Å²) in [5, 5.41) is 8.98. The molecule has 0 aromatic heterocycles. The van der Waals surface area contributed by atoms with Crippen molar-refractivity contribution in [1.82, 2.24) is 4.90 Å². The fourth-order valence-electron chi connectivity index (χ4n) is 4.41. The number of nitrogens with one attached hydrogen (secondary N) is 1. The van der Waals surface area contributed by atoms with E-state index in [-0.39, 0.29) is 11.7 Å². The van der Waals surface area contributed by atoms with Crippen LogP contribution in [0.1, 0.15) is 51.4 Å². The molecular weight excluding hydrogens is 458 g/mol. The average molecular weight is 488 g/mol. The maximum Gasteiger partial charge on any atom is 0.253 e. The Labute approximate surface area is 207 Å². The predicted octanol–water partition coefficient (Wildman–Crippen LogP) is 4.87. The number of rotatable bonds is 7. The lowest BCUT2D eigenvalue weighted by Gasteiger charge is -2.32. The summed E-state index contributed by atoms with van der Waals surface area (Å²) < 4.78 is 28.1. The molecule has 3 aromatic carbocycles. The van der Waals surface area contributed by atoms with Crippen molar-refractivity contribution in [2.45, 2.75) is 32.1 Å². The molecule has 1 N–H and O–H groups in total. The Kier molecular flexibility index (Phi) is 7.52. The van der Waals surface area contributed by atoms with Gasteiger partial charge in [-0.3, -0.25) is 9.52 Å². The van der Waals surface area contributed by atoms with E-state index in [2.05, 4.69) is 10.8 Å². The fraction of sp³-hybridized carbons (Fsp3) is 0.286. The summed E-state index contributed by atoms with van der Waals surface area (Å²) in [6.07, 6.45) is 2.12. The average Bonchev–Trinajstić information content (AvgIpc) is 2.89. The zero-order valence-corrected chi connectivity index (χ0v) is 20.6. The van der Waals surface area contributed by atoms with E-state index in [1.54, 1.807) is 18.2 Å². The number of nitrogens with zero attached hydrogens (tertiary/aromatic N) is 2. The Bertz CT molecular complexity index is 1320. The molecule has 1 aliphatic heterocycles. The first-order chi connectivity index (χ1) is 16.8. The maximum absolute atomic E-state index is 13.2. The van der Waals surface area contributed by atoms with Gasteiger partial charge >= 0.3 is 0 Å². The number of benzene rings is 3. The van der Waals surface area contributed by atoms with Crippen LogP contribution in [0.15, 0.2) is 72.8 Å². The Morgan fingerprint density at radius 1 is 1.03 bits per heavy atom. The molecule has 35 heavy (non-hydrogen) atoms. The second-order valence-electron chi connectivity index (χ2n) is 8.99. The summed E-state index contributed by atoms with van der Waals surface area (Å²) in [6, 6.07) is 24.5. The van der Waals surface area contributed by atoms with Gasteiger partial charge in [0.2, 0.25) is 10.0 Å². The smallest absolute Gasteiger partial charge is 0.253 e. The molecular formula is C28H29N3O3S. The number of hydrogen-bond donors (Lipinski definition) is 1. The van der Waals surface area contributed by atoms with E-state index in [1.165, 1.54) is 5.56 Å². The van der Waals surface area contributed by atoms with E-state index >= 15 is 0 Å². The van der Waals surface area contributed by atoms with Crippen LogP contribution >= 0.6 is 0 Å². The van der Waals surface area contributed by atoms with Gasteiger partial charge in [0.15, 0.2) is 0 Å². The van der Waals surface area contributed by atoms with Crippen LogP contribution in [0, 0.1) is 18.3 Å². The van der Waals surface area contributed by atoms with E-state index in [4.69, 9.17) is 5.26 Å². The minimum atomic E-state index is -3.56. The zero-order chi connectivity index (χ0) is 24.8. The molecule has 0 unspecified atom stereocenters. The summed E-state index contributed by atoms with van der Waals surface area (Å²) in [7, 11) is -3.56. The lowest BCUT2D eigenvalue weighted by Crippen LogP contribution is -2.38. The summed E-state index contributed by atoms with van der Waals surface area (Å²) in [5.41, 5.74) is 4.49. The number of likely N-dealkylation sites (tertiary alicyclic amines) is 1. The molecule has 6 nitrogen and oxygen atoms in total. The Morgan fingerprint density at radius 3 is 2.37 bits per heavy atom. The monoisotopic (exact) mass is 487 g/mol. The van der Waals surface area contributed by atoms with Gasteiger partial charge in [-0.1, -0.05) is 48.5 Å². The van der Waals surface area contributed by atoms with Gasteiger partial charge in [-0.25, -0.2) is 8.42 Å². The molecule has 7 heteroatoms. The summed E-state index contributed by atoms with van der Waals surface area (Å²) >= 11 is 0. The zero-order valence-electron chi connectivity index (χ0n) is 19.8. The van der Waals surface area contributed by atoms with Crippen molar-refractivity contribution in [2.24, 2.45) is 0 Å². The van der Waals surface area contributed by atoms with Crippen molar-refractivity contribution >= 4 is 21.6 Å². The third-order valence-corrected chi connectivity index (χ3v) is 7.82. The first kappa shape index (κ1) is 24.5. The maximum atomic E-state index is 13.2. The fourth-order valence-corrected chi connectivity index (χ4v) is 5.57. The molecule has 0 bridgehead atoms. The van der Waals surface area contributed by atoms with Gasteiger partial charge in [0.1, 0.15) is 0 Å². The normalized spacial score (nSPS) is 14.3. The summed E-state index contributed by atoms with van der Waals surface area (Å²) in [4.78, 5) is 15.0. The predicted molar refractivity (Wildman–Crippen MR) is 138 cm³/mol. The van der Waals surface area contributed by atoms with Gasteiger partial charge < -0.3 is 4.90 Å². The van der Waals surface area contributed by atoms with Crippen LogP contribution in [0.3, 0.4) is 0 Å². The topological polar surface area (TPSA) is 90.3 Å². The van der Waals surface area contributed by atoms with Gasteiger partial charge in [0.05, 0.1) is 23.1 Å². The number of amides is 1. The van der Waals surface area contributed by atoms with Gasteiger partial charge in [0.25, 0.3) is 5.91 Å². The van der Waals surface area contributed by atoms with Crippen LogP contribution < -0.4 is 4.72 Å². The molecule has 3 aromatic rings. The number of sulfonamides is 1. The molecule has 0 saturated carbocycles. The quantitative estimate of drug-likeness (QED) is 0.515. The highest BCUT2D eigenvalue weighted by atomic mass is 32.2. The third kappa shape index (κ3) is 6.28. The van der Waals surface area contributed by atoms with Crippen LogP contribution in [0.25, 0.3) is 0 Å². The summed E-state index contributed by atoms with van der Waals surface area (Å²) in [5.74, 6) is 0.238. The second kappa shape index (κ2) is 10.7. The molecule has 1 amide bonds. The highest BCUT2D eigenvalue weighted by Crippen LogP contribution is 2.29. The molecule has 1 heterocycles. The largest absolute Gasteiger partial charge is 0.339 e. The molecule has 4 rings (SSSR count). The first-order valence-corrected chi connectivity index (χ1v) is 13.4. The molecule has 1 saturated heterocycles. The molecule has 1 aliphatic rings. The van der Waals surface area contributed by atoms with E-state index in [1.807, 2.05) is 66.4 Å². The van der Waals surface area contributed by atoms with Crippen molar-refractivity contribution < 1.29 is 13.2 Å². The minimum Gasteiger partial charge on any atom is -0.339 e.